The zero-order chi connectivity index (χ0) is 21.3. The van der Waals surface area contributed by atoms with Gasteiger partial charge in [-0.05, 0) is 31.4 Å². The molecule has 2 fully saturated rings. The number of anilines is 1. The van der Waals surface area contributed by atoms with E-state index in [1.165, 1.54) is 12.8 Å². The minimum absolute atomic E-state index is 0.0697. The molecule has 7 nitrogen and oxygen atoms in total. The van der Waals surface area contributed by atoms with Crippen LogP contribution in [0.3, 0.4) is 0 Å². The van der Waals surface area contributed by atoms with Gasteiger partial charge in [-0.15, -0.1) is 0 Å². The van der Waals surface area contributed by atoms with E-state index in [0.717, 1.165) is 64.7 Å². The molecule has 0 aliphatic carbocycles. The SMILES string of the molecule is CCNC(=NCCCN1CCN(c2ccccc2)CC1)N1CC(C)C(C(=O)OC)C1. The molecular formula is C23H37N5O2. The minimum atomic E-state index is -0.115. The van der Waals surface area contributed by atoms with Gasteiger partial charge in [0.2, 0.25) is 0 Å². The lowest BCUT2D eigenvalue weighted by Crippen LogP contribution is -2.46. The van der Waals surface area contributed by atoms with E-state index in [0.29, 0.717) is 6.54 Å². The minimum Gasteiger partial charge on any atom is -0.469 e. The first-order chi connectivity index (χ1) is 14.6. The summed E-state index contributed by atoms with van der Waals surface area (Å²) in [5.41, 5.74) is 1.32. The predicted molar refractivity (Wildman–Crippen MR) is 122 cm³/mol. The van der Waals surface area contributed by atoms with Crippen LogP contribution in [-0.4, -0.2) is 87.7 Å². The van der Waals surface area contributed by atoms with Gasteiger partial charge in [-0.3, -0.25) is 14.7 Å². The molecule has 0 radical (unpaired) electrons. The molecule has 0 amide bonds. The molecule has 2 atom stereocenters. The second kappa shape index (κ2) is 11.2. The van der Waals surface area contributed by atoms with E-state index in [1.54, 1.807) is 0 Å². The number of rotatable bonds is 7. The smallest absolute Gasteiger partial charge is 0.310 e. The van der Waals surface area contributed by atoms with Crippen molar-refractivity contribution in [2.75, 3.05) is 70.9 Å². The molecule has 2 aliphatic rings. The first kappa shape index (κ1) is 22.4. The number of carbonyl (C=O) groups is 1. The number of nitrogens with zero attached hydrogens (tertiary/aromatic N) is 4. The Morgan fingerprint density at radius 2 is 1.90 bits per heavy atom. The molecule has 0 aromatic heterocycles. The normalized spacial score (nSPS) is 23.0. The van der Waals surface area contributed by atoms with E-state index in [-0.39, 0.29) is 17.8 Å². The second-order valence-corrected chi connectivity index (χ2v) is 8.27. The summed E-state index contributed by atoms with van der Waals surface area (Å²) in [4.78, 5) is 24.0. The monoisotopic (exact) mass is 415 g/mol. The molecule has 1 N–H and O–H groups in total. The number of esters is 1. The number of carbonyl (C=O) groups excluding carboxylic acids is 1. The van der Waals surface area contributed by atoms with Crippen molar-refractivity contribution < 1.29 is 9.53 Å². The van der Waals surface area contributed by atoms with Gasteiger partial charge in [-0.25, -0.2) is 0 Å². The molecule has 0 saturated carbocycles. The Morgan fingerprint density at radius 3 is 2.57 bits per heavy atom. The van der Waals surface area contributed by atoms with Crippen molar-refractivity contribution in [1.29, 1.82) is 0 Å². The summed E-state index contributed by atoms with van der Waals surface area (Å²) in [5, 5.41) is 3.39. The number of nitrogens with one attached hydrogen (secondary N) is 1. The molecule has 2 aliphatic heterocycles. The lowest BCUT2D eigenvalue weighted by atomic mass is 9.99. The predicted octanol–water partition coefficient (Wildman–Crippen LogP) is 1.91. The molecule has 0 bridgehead atoms. The Morgan fingerprint density at radius 1 is 1.17 bits per heavy atom. The Labute approximate surface area is 181 Å². The first-order valence-electron chi connectivity index (χ1n) is 11.3. The van der Waals surface area contributed by atoms with Crippen LogP contribution < -0.4 is 10.2 Å². The third-order valence-electron chi connectivity index (χ3n) is 6.14. The molecule has 2 saturated heterocycles. The van der Waals surface area contributed by atoms with Crippen molar-refractivity contribution in [2.45, 2.75) is 20.3 Å². The van der Waals surface area contributed by atoms with Crippen molar-refractivity contribution in [1.82, 2.24) is 15.1 Å². The zero-order valence-electron chi connectivity index (χ0n) is 18.7. The summed E-state index contributed by atoms with van der Waals surface area (Å²) in [7, 11) is 1.47. The average Bonchev–Trinajstić information content (AvgIpc) is 3.18. The number of guanidine groups is 1. The highest BCUT2D eigenvalue weighted by Crippen LogP contribution is 2.24. The Balaban J connectivity index is 1.43. The number of benzene rings is 1. The van der Waals surface area contributed by atoms with Crippen molar-refractivity contribution in [2.24, 2.45) is 16.8 Å². The van der Waals surface area contributed by atoms with Gasteiger partial charge in [0.1, 0.15) is 0 Å². The van der Waals surface area contributed by atoms with Gasteiger partial charge >= 0.3 is 5.97 Å². The highest BCUT2D eigenvalue weighted by molar-refractivity contribution is 5.82. The van der Waals surface area contributed by atoms with Crippen LogP contribution in [0.4, 0.5) is 5.69 Å². The summed E-state index contributed by atoms with van der Waals surface area (Å²) in [5.74, 6) is 1.02. The van der Waals surface area contributed by atoms with Crippen molar-refractivity contribution in [3.05, 3.63) is 30.3 Å². The highest BCUT2D eigenvalue weighted by Gasteiger charge is 2.36. The number of para-hydroxylation sites is 1. The van der Waals surface area contributed by atoms with Crippen molar-refractivity contribution in [3.8, 4) is 0 Å². The number of hydrogen-bond donors (Lipinski definition) is 1. The van der Waals surface area contributed by atoms with Gasteiger partial charge < -0.3 is 19.9 Å². The fourth-order valence-electron chi connectivity index (χ4n) is 4.37. The van der Waals surface area contributed by atoms with Crippen LogP contribution in [0.5, 0.6) is 0 Å². The van der Waals surface area contributed by atoms with Crippen molar-refractivity contribution in [3.63, 3.8) is 0 Å². The maximum Gasteiger partial charge on any atom is 0.310 e. The Hall–Kier alpha value is -2.28. The lowest BCUT2D eigenvalue weighted by molar-refractivity contribution is -0.145. The highest BCUT2D eigenvalue weighted by atomic mass is 16.5. The topological polar surface area (TPSA) is 60.4 Å². The third kappa shape index (κ3) is 5.88. The van der Waals surface area contributed by atoms with Gasteiger partial charge in [-0.1, -0.05) is 25.1 Å². The van der Waals surface area contributed by atoms with E-state index in [4.69, 9.17) is 9.73 Å². The van der Waals surface area contributed by atoms with Crippen molar-refractivity contribution >= 4 is 17.6 Å². The molecule has 3 rings (SSSR count). The van der Waals surface area contributed by atoms with E-state index in [2.05, 4.69) is 64.2 Å². The van der Waals surface area contributed by atoms with Gasteiger partial charge in [-0.2, -0.15) is 0 Å². The largest absolute Gasteiger partial charge is 0.469 e. The van der Waals surface area contributed by atoms with Crippen LogP contribution in [0.15, 0.2) is 35.3 Å². The number of aliphatic imine (C=N–C) groups is 1. The van der Waals surface area contributed by atoms with Crippen LogP contribution >= 0.6 is 0 Å². The Bertz CT molecular complexity index is 688. The molecule has 166 valence electrons. The number of methoxy groups -OCH3 is 1. The lowest BCUT2D eigenvalue weighted by Gasteiger charge is -2.36. The molecule has 0 spiro atoms. The molecular weight excluding hydrogens is 378 g/mol. The molecule has 2 heterocycles. The van der Waals surface area contributed by atoms with E-state index in [1.807, 2.05) is 0 Å². The summed E-state index contributed by atoms with van der Waals surface area (Å²) >= 11 is 0. The standard InChI is InChI=1S/C23H37N5O2/c1-4-24-23(28-17-19(2)21(18-28)22(29)30-3)25-11-8-12-26-13-15-27(16-14-26)20-9-6-5-7-10-20/h5-7,9-10,19,21H,4,8,11-18H2,1-3H3,(H,24,25). The summed E-state index contributed by atoms with van der Waals surface area (Å²) in [6.07, 6.45) is 1.05. The van der Waals surface area contributed by atoms with Crippen LogP contribution in [0.1, 0.15) is 20.3 Å². The fourth-order valence-corrected chi connectivity index (χ4v) is 4.37. The zero-order valence-corrected chi connectivity index (χ0v) is 18.7. The third-order valence-corrected chi connectivity index (χ3v) is 6.14. The molecule has 30 heavy (non-hydrogen) atoms. The van der Waals surface area contributed by atoms with Crippen LogP contribution in [0, 0.1) is 11.8 Å². The number of ether oxygens (including phenoxy) is 1. The number of hydrogen-bond acceptors (Lipinski definition) is 5. The first-order valence-corrected chi connectivity index (χ1v) is 11.3. The quantitative estimate of drug-likeness (QED) is 0.318. The van der Waals surface area contributed by atoms with E-state index < -0.39 is 0 Å². The van der Waals surface area contributed by atoms with Gasteiger partial charge in [0.25, 0.3) is 0 Å². The van der Waals surface area contributed by atoms with E-state index >= 15 is 0 Å². The van der Waals surface area contributed by atoms with Crippen LogP contribution in [0.2, 0.25) is 0 Å². The summed E-state index contributed by atoms with van der Waals surface area (Å²) in [6.45, 7) is 12.8. The van der Waals surface area contributed by atoms with Gasteiger partial charge in [0, 0.05) is 64.6 Å². The van der Waals surface area contributed by atoms with E-state index in [9.17, 15) is 4.79 Å². The van der Waals surface area contributed by atoms with Gasteiger partial charge in [0.05, 0.1) is 13.0 Å². The average molecular weight is 416 g/mol. The molecule has 1 aromatic rings. The fraction of sp³-hybridized carbons (Fsp3) is 0.652. The van der Waals surface area contributed by atoms with Crippen LogP contribution in [-0.2, 0) is 9.53 Å². The van der Waals surface area contributed by atoms with Crippen LogP contribution in [0.25, 0.3) is 0 Å². The number of likely N-dealkylation sites (tertiary alicyclic amines) is 1. The maximum atomic E-state index is 12.0. The second-order valence-electron chi connectivity index (χ2n) is 8.27. The molecule has 2 unspecified atom stereocenters. The summed E-state index contributed by atoms with van der Waals surface area (Å²) in [6, 6.07) is 10.7. The maximum absolute atomic E-state index is 12.0. The Kier molecular flexibility index (Phi) is 8.37. The summed E-state index contributed by atoms with van der Waals surface area (Å²) < 4.78 is 4.96. The molecule has 7 heteroatoms. The number of piperazine rings is 1. The molecule has 1 aromatic carbocycles. The van der Waals surface area contributed by atoms with Gasteiger partial charge in [0.15, 0.2) is 5.96 Å².